The highest BCUT2D eigenvalue weighted by atomic mass is 16.5. The highest BCUT2D eigenvalue weighted by Gasteiger charge is 2.02. The van der Waals surface area contributed by atoms with Crippen molar-refractivity contribution in [3.8, 4) is 0 Å². The van der Waals surface area contributed by atoms with E-state index in [9.17, 15) is 5.11 Å². The molecule has 0 heterocycles. The maximum Gasteiger partial charge on any atom is 0.0762 e. The topological polar surface area (TPSA) is 29.5 Å². The van der Waals surface area contributed by atoms with Gasteiger partial charge < -0.3 is 9.84 Å². The molecule has 0 spiro atoms. The third kappa shape index (κ3) is 2.23. The fourth-order valence-corrected chi connectivity index (χ4v) is 1.83. The second-order valence-corrected chi connectivity index (χ2v) is 4.05. The van der Waals surface area contributed by atoms with Crippen molar-refractivity contribution < 1.29 is 9.84 Å². The lowest BCUT2D eigenvalue weighted by molar-refractivity contribution is 0.185. The van der Waals surface area contributed by atoms with Crippen molar-refractivity contribution in [1.29, 1.82) is 0 Å². The average Bonchev–Trinajstić information content (AvgIpc) is 2.28. The third-order valence-corrected chi connectivity index (χ3v) is 2.72. The van der Waals surface area contributed by atoms with E-state index in [1.54, 1.807) is 14.0 Å². The van der Waals surface area contributed by atoms with Crippen molar-refractivity contribution in [2.24, 2.45) is 0 Å². The van der Waals surface area contributed by atoms with E-state index in [0.717, 1.165) is 10.9 Å². The number of fused-ring (bicyclic) bond motifs is 1. The first-order valence-corrected chi connectivity index (χ1v) is 5.40. The number of rotatable bonds is 3. The predicted molar refractivity (Wildman–Crippen MR) is 65.3 cm³/mol. The molecule has 0 aromatic heterocycles. The standard InChI is InChI=1S/C14H16O2/c1-10(15)12-5-6-13-7-11(9-16-2)3-4-14(13)8-12/h3-8,10,15H,9H2,1-2H3. The predicted octanol–water partition coefficient (Wildman–Crippen LogP) is 3.04. The molecular formula is C14H16O2. The zero-order chi connectivity index (χ0) is 11.5. The van der Waals surface area contributed by atoms with Crippen LogP contribution in [0.1, 0.15) is 24.2 Å². The molecule has 0 aliphatic heterocycles. The number of hydrogen-bond donors (Lipinski definition) is 1. The Hall–Kier alpha value is -1.38. The fraction of sp³-hybridized carbons (Fsp3) is 0.286. The first kappa shape index (κ1) is 11.1. The van der Waals surface area contributed by atoms with Crippen LogP contribution < -0.4 is 0 Å². The molecule has 2 nitrogen and oxygen atoms in total. The van der Waals surface area contributed by atoms with Gasteiger partial charge in [-0.25, -0.2) is 0 Å². The summed E-state index contributed by atoms with van der Waals surface area (Å²) < 4.78 is 5.10. The van der Waals surface area contributed by atoms with Gasteiger partial charge in [-0.2, -0.15) is 0 Å². The van der Waals surface area contributed by atoms with Crippen LogP contribution in [0.5, 0.6) is 0 Å². The van der Waals surface area contributed by atoms with Gasteiger partial charge in [0.25, 0.3) is 0 Å². The van der Waals surface area contributed by atoms with Gasteiger partial charge in [-0.15, -0.1) is 0 Å². The van der Waals surface area contributed by atoms with Crippen LogP contribution in [-0.4, -0.2) is 12.2 Å². The minimum Gasteiger partial charge on any atom is -0.389 e. The van der Waals surface area contributed by atoms with E-state index < -0.39 is 6.10 Å². The lowest BCUT2D eigenvalue weighted by Crippen LogP contribution is -1.91. The van der Waals surface area contributed by atoms with Crippen molar-refractivity contribution in [2.45, 2.75) is 19.6 Å². The van der Waals surface area contributed by atoms with E-state index in [1.165, 1.54) is 10.9 Å². The summed E-state index contributed by atoms with van der Waals surface area (Å²) in [5.74, 6) is 0. The van der Waals surface area contributed by atoms with Crippen molar-refractivity contribution >= 4 is 10.8 Å². The van der Waals surface area contributed by atoms with Crippen molar-refractivity contribution in [3.63, 3.8) is 0 Å². The van der Waals surface area contributed by atoms with Crippen LogP contribution in [-0.2, 0) is 11.3 Å². The summed E-state index contributed by atoms with van der Waals surface area (Å²) in [5, 5.41) is 11.8. The summed E-state index contributed by atoms with van der Waals surface area (Å²) in [6.07, 6.45) is -0.414. The van der Waals surface area contributed by atoms with Crippen LogP contribution in [0.3, 0.4) is 0 Å². The van der Waals surface area contributed by atoms with E-state index in [1.807, 2.05) is 18.2 Å². The maximum absolute atomic E-state index is 9.50. The van der Waals surface area contributed by atoms with Crippen molar-refractivity contribution in [3.05, 3.63) is 47.5 Å². The Balaban J connectivity index is 2.44. The Labute approximate surface area is 95.5 Å². The van der Waals surface area contributed by atoms with Crippen LogP contribution >= 0.6 is 0 Å². The number of ether oxygens (including phenoxy) is 1. The van der Waals surface area contributed by atoms with Crippen LogP contribution in [0.15, 0.2) is 36.4 Å². The average molecular weight is 216 g/mol. The van der Waals surface area contributed by atoms with E-state index in [2.05, 4.69) is 18.2 Å². The highest BCUT2D eigenvalue weighted by Crippen LogP contribution is 2.21. The zero-order valence-electron chi connectivity index (χ0n) is 9.60. The maximum atomic E-state index is 9.50. The molecule has 1 atom stereocenters. The molecule has 1 unspecified atom stereocenters. The molecule has 0 aliphatic carbocycles. The minimum absolute atomic E-state index is 0.414. The quantitative estimate of drug-likeness (QED) is 0.854. The molecule has 84 valence electrons. The monoisotopic (exact) mass is 216 g/mol. The van der Waals surface area contributed by atoms with Gasteiger partial charge in [-0.05, 0) is 41.0 Å². The third-order valence-electron chi connectivity index (χ3n) is 2.72. The van der Waals surface area contributed by atoms with Gasteiger partial charge in [0, 0.05) is 7.11 Å². The molecule has 2 rings (SSSR count). The molecular weight excluding hydrogens is 200 g/mol. The molecule has 0 radical (unpaired) electrons. The van der Waals surface area contributed by atoms with E-state index in [-0.39, 0.29) is 0 Å². The smallest absolute Gasteiger partial charge is 0.0762 e. The molecule has 2 heteroatoms. The largest absolute Gasteiger partial charge is 0.389 e. The second kappa shape index (κ2) is 4.64. The highest BCUT2D eigenvalue weighted by molar-refractivity contribution is 5.83. The fourth-order valence-electron chi connectivity index (χ4n) is 1.83. The lowest BCUT2D eigenvalue weighted by Gasteiger charge is -2.07. The molecule has 0 amide bonds. The normalized spacial score (nSPS) is 12.9. The van der Waals surface area contributed by atoms with Gasteiger partial charge in [-0.3, -0.25) is 0 Å². The molecule has 2 aromatic carbocycles. The van der Waals surface area contributed by atoms with E-state index >= 15 is 0 Å². The second-order valence-electron chi connectivity index (χ2n) is 4.05. The van der Waals surface area contributed by atoms with E-state index in [0.29, 0.717) is 6.61 Å². The number of hydrogen-bond acceptors (Lipinski definition) is 2. The molecule has 16 heavy (non-hydrogen) atoms. The summed E-state index contributed by atoms with van der Waals surface area (Å²) in [5.41, 5.74) is 2.12. The summed E-state index contributed by atoms with van der Waals surface area (Å²) in [7, 11) is 1.70. The Morgan fingerprint density at radius 1 is 1.12 bits per heavy atom. The minimum atomic E-state index is -0.414. The summed E-state index contributed by atoms with van der Waals surface area (Å²) in [6.45, 7) is 2.41. The first-order chi connectivity index (χ1) is 7.70. The molecule has 2 aromatic rings. The lowest BCUT2D eigenvalue weighted by atomic mass is 10.0. The molecule has 1 N–H and O–H groups in total. The van der Waals surface area contributed by atoms with Gasteiger partial charge in [-0.1, -0.05) is 24.3 Å². The first-order valence-electron chi connectivity index (χ1n) is 5.40. The van der Waals surface area contributed by atoms with E-state index in [4.69, 9.17) is 4.74 Å². The van der Waals surface area contributed by atoms with Crippen LogP contribution in [0.2, 0.25) is 0 Å². The van der Waals surface area contributed by atoms with Crippen molar-refractivity contribution in [1.82, 2.24) is 0 Å². The molecule has 0 aliphatic rings. The van der Waals surface area contributed by atoms with Crippen molar-refractivity contribution in [2.75, 3.05) is 7.11 Å². The Morgan fingerprint density at radius 3 is 2.50 bits per heavy atom. The van der Waals surface area contributed by atoms with Gasteiger partial charge in [0.05, 0.1) is 12.7 Å². The molecule has 0 fully saturated rings. The number of methoxy groups -OCH3 is 1. The summed E-state index contributed by atoms with van der Waals surface area (Å²) in [4.78, 5) is 0. The molecule has 0 bridgehead atoms. The SMILES string of the molecule is COCc1ccc2cc(C(C)O)ccc2c1. The van der Waals surface area contributed by atoms with Gasteiger partial charge >= 0.3 is 0 Å². The summed E-state index contributed by atoms with van der Waals surface area (Å²) >= 11 is 0. The zero-order valence-corrected chi connectivity index (χ0v) is 9.60. The summed E-state index contributed by atoms with van der Waals surface area (Å²) in [6, 6.07) is 12.3. The van der Waals surface area contributed by atoms with Crippen LogP contribution in [0.4, 0.5) is 0 Å². The van der Waals surface area contributed by atoms with Gasteiger partial charge in [0.1, 0.15) is 0 Å². The number of aliphatic hydroxyl groups excluding tert-OH is 1. The molecule has 0 saturated heterocycles. The Bertz CT molecular complexity index is 489. The number of aliphatic hydroxyl groups is 1. The van der Waals surface area contributed by atoms with Gasteiger partial charge in [0.2, 0.25) is 0 Å². The molecule has 0 saturated carbocycles. The van der Waals surface area contributed by atoms with Crippen LogP contribution in [0, 0.1) is 0 Å². The number of benzene rings is 2. The van der Waals surface area contributed by atoms with Crippen LogP contribution in [0.25, 0.3) is 10.8 Å². The Kier molecular flexibility index (Phi) is 3.22. The Morgan fingerprint density at radius 2 is 1.81 bits per heavy atom. The van der Waals surface area contributed by atoms with Gasteiger partial charge in [0.15, 0.2) is 0 Å².